The van der Waals surface area contributed by atoms with Crippen LogP contribution in [0.1, 0.15) is 16.1 Å². The van der Waals surface area contributed by atoms with E-state index < -0.39 is 5.97 Å². The van der Waals surface area contributed by atoms with Gasteiger partial charge in [0.2, 0.25) is 5.89 Å². The van der Waals surface area contributed by atoms with Gasteiger partial charge in [-0.05, 0) is 25.1 Å². The second-order valence-electron chi connectivity index (χ2n) is 4.07. The highest BCUT2D eigenvalue weighted by atomic mass is 32.1. The van der Waals surface area contributed by atoms with Crippen molar-refractivity contribution in [1.82, 2.24) is 15.2 Å². The summed E-state index contributed by atoms with van der Waals surface area (Å²) >= 11 is 1.42. The molecule has 20 heavy (non-hydrogen) atoms. The molecule has 0 atom stereocenters. The van der Waals surface area contributed by atoms with Crippen LogP contribution < -0.4 is 0 Å². The number of thiazole rings is 1. The van der Waals surface area contributed by atoms with Crippen molar-refractivity contribution in [2.45, 2.75) is 6.92 Å². The molecule has 0 saturated carbocycles. The molecule has 7 heteroatoms. The number of aryl methyl sites for hydroxylation is 1. The van der Waals surface area contributed by atoms with Gasteiger partial charge in [0, 0.05) is 5.56 Å². The number of nitrogens with zero attached hydrogens (tertiary/aromatic N) is 3. The minimum absolute atomic E-state index is 0.177. The third-order valence-electron chi connectivity index (χ3n) is 2.72. The standard InChI is InChI=1S/C13H9N3O3S/c1-7-10(20-6-14-7)12-16-15-11(19-12)8-3-2-4-9(5-8)13(17)18/h2-6H,1H3,(H,17,18). The van der Waals surface area contributed by atoms with Crippen molar-refractivity contribution >= 4 is 17.3 Å². The van der Waals surface area contributed by atoms with Gasteiger partial charge in [0.1, 0.15) is 4.88 Å². The summed E-state index contributed by atoms with van der Waals surface area (Å²) in [4.78, 5) is 15.9. The number of aromatic carboxylic acids is 1. The molecule has 0 amide bonds. The van der Waals surface area contributed by atoms with Gasteiger partial charge in [-0.2, -0.15) is 0 Å². The van der Waals surface area contributed by atoms with E-state index in [0.29, 0.717) is 11.5 Å². The molecular weight excluding hydrogens is 278 g/mol. The minimum Gasteiger partial charge on any atom is -0.478 e. The predicted molar refractivity (Wildman–Crippen MR) is 72.5 cm³/mol. The Morgan fingerprint density at radius 2 is 2.10 bits per heavy atom. The summed E-state index contributed by atoms with van der Waals surface area (Å²) in [6, 6.07) is 6.37. The van der Waals surface area contributed by atoms with Gasteiger partial charge < -0.3 is 9.52 Å². The Bertz CT molecular complexity index is 779. The highest BCUT2D eigenvalue weighted by Gasteiger charge is 2.15. The van der Waals surface area contributed by atoms with Gasteiger partial charge in [0.25, 0.3) is 5.89 Å². The van der Waals surface area contributed by atoms with Crippen molar-refractivity contribution in [2.75, 3.05) is 0 Å². The number of carboxylic acids is 1. The summed E-state index contributed by atoms with van der Waals surface area (Å²) < 4.78 is 5.58. The maximum Gasteiger partial charge on any atom is 0.335 e. The SMILES string of the molecule is Cc1ncsc1-c1nnc(-c2cccc(C(=O)O)c2)o1. The quantitative estimate of drug-likeness (QED) is 0.796. The van der Waals surface area contributed by atoms with E-state index in [2.05, 4.69) is 15.2 Å². The molecule has 0 aliphatic carbocycles. The zero-order chi connectivity index (χ0) is 14.1. The number of aromatic nitrogens is 3. The lowest BCUT2D eigenvalue weighted by Gasteiger charge is -1.97. The number of carboxylic acid groups (broad SMARTS) is 1. The van der Waals surface area contributed by atoms with Crippen molar-refractivity contribution in [3.05, 3.63) is 41.0 Å². The Morgan fingerprint density at radius 3 is 2.80 bits per heavy atom. The Balaban J connectivity index is 2.00. The summed E-state index contributed by atoms with van der Waals surface area (Å²) in [6.45, 7) is 1.86. The van der Waals surface area contributed by atoms with Crippen molar-refractivity contribution < 1.29 is 14.3 Å². The van der Waals surface area contributed by atoms with Crippen LogP contribution in [0.5, 0.6) is 0 Å². The van der Waals surface area contributed by atoms with Gasteiger partial charge in [-0.3, -0.25) is 0 Å². The van der Waals surface area contributed by atoms with E-state index in [1.165, 1.54) is 23.5 Å². The predicted octanol–water partition coefficient (Wildman–Crippen LogP) is 2.87. The Hall–Kier alpha value is -2.54. The van der Waals surface area contributed by atoms with Crippen LogP contribution in [0.3, 0.4) is 0 Å². The first kappa shape index (κ1) is 12.5. The molecule has 3 rings (SSSR count). The third kappa shape index (κ3) is 2.19. The molecule has 100 valence electrons. The maximum atomic E-state index is 10.9. The van der Waals surface area contributed by atoms with E-state index in [1.807, 2.05) is 6.92 Å². The van der Waals surface area contributed by atoms with Crippen LogP contribution in [0.2, 0.25) is 0 Å². The number of rotatable bonds is 3. The smallest absolute Gasteiger partial charge is 0.335 e. The van der Waals surface area contributed by atoms with Crippen molar-refractivity contribution in [3.63, 3.8) is 0 Å². The summed E-state index contributed by atoms with van der Waals surface area (Å²) in [5.74, 6) is -0.318. The molecule has 3 aromatic rings. The fraction of sp³-hybridized carbons (Fsp3) is 0.0769. The average molecular weight is 287 g/mol. The highest BCUT2D eigenvalue weighted by molar-refractivity contribution is 7.13. The molecular formula is C13H9N3O3S. The number of hydrogen-bond acceptors (Lipinski definition) is 6. The van der Waals surface area contributed by atoms with Gasteiger partial charge in [0.05, 0.1) is 16.8 Å². The average Bonchev–Trinajstić information content (AvgIpc) is 3.07. The first-order chi connectivity index (χ1) is 9.65. The molecule has 2 heterocycles. The fourth-order valence-electron chi connectivity index (χ4n) is 1.72. The van der Waals surface area contributed by atoms with E-state index in [9.17, 15) is 4.79 Å². The van der Waals surface area contributed by atoms with E-state index in [1.54, 1.807) is 17.6 Å². The lowest BCUT2D eigenvalue weighted by Crippen LogP contribution is -1.95. The lowest BCUT2D eigenvalue weighted by atomic mass is 10.1. The second-order valence-corrected chi connectivity index (χ2v) is 4.92. The first-order valence-corrected chi connectivity index (χ1v) is 6.61. The van der Waals surface area contributed by atoms with Crippen LogP contribution in [-0.4, -0.2) is 26.3 Å². The maximum absolute atomic E-state index is 10.9. The van der Waals surface area contributed by atoms with Gasteiger partial charge in [-0.25, -0.2) is 9.78 Å². The molecule has 0 spiro atoms. The molecule has 1 N–H and O–H groups in total. The van der Waals surface area contributed by atoms with Gasteiger partial charge in [-0.15, -0.1) is 21.5 Å². The second kappa shape index (κ2) is 4.86. The van der Waals surface area contributed by atoms with E-state index in [-0.39, 0.29) is 11.5 Å². The minimum atomic E-state index is -0.995. The summed E-state index contributed by atoms with van der Waals surface area (Å²) in [5.41, 5.74) is 3.28. The Morgan fingerprint density at radius 1 is 1.30 bits per heavy atom. The first-order valence-electron chi connectivity index (χ1n) is 5.73. The van der Waals surface area contributed by atoms with Crippen LogP contribution in [0.15, 0.2) is 34.2 Å². The van der Waals surface area contributed by atoms with Crippen molar-refractivity contribution in [1.29, 1.82) is 0 Å². The summed E-state index contributed by atoms with van der Waals surface area (Å²) in [5, 5.41) is 16.9. The van der Waals surface area contributed by atoms with Crippen LogP contribution in [0.25, 0.3) is 22.2 Å². The Labute approximate surface area is 117 Å². The molecule has 1 aromatic carbocycles. The van der Waals surface area contributed by atoms with E-state index >= 15 is 0 Å². The summed E-state index contributed by atoms with van der Waals surface area (Å²) in [6.07, 6.45) is 0. The van der Waals surface area contributed by atoms with Crippen LogP contribution in [0, 0.1) is 6.92 Å². The number of hydrogen-bond donors (Lipinski definition) is 1. The molecule has 0 aliphatic rings. The molecule has 0 saturated heterocycles. The third-order valence-corrected chi connectivity index (χ3v) is 3.64. The fourth-order valence-corrected chi connectivity index (χ4v) is 2.45. The number of carbonyl (C=O) groups is 1. The lowest BCUT2D eigenvalue weighted by molar-refractivity contribution is 0.0697. The normalized spacial score (nSPS) is 10.7. The molecule has 0 fully saturated rings. The molecule has 0 aliphatic heterocycles. The van der Waals surface area contributed by atoms with Crippen LogP contribution >= 0.6 is 11.3 Å². The zero-order valence-corrected chi connectivity index (χ0v) is 11.2. The van der Waals surface area contributed by atoms with Gasteiger partial charge in [-0.1, -0.05) is 6.07 Å². The highest BCUT2D eigenvalue weighted by Crippen LogP contribution is 2.28. The zero-order valence-electron chi connectivity index (χ0n) is 10.4. The van der Waals surface area contributed by atoms with E-state index in [4.69, 9.17) is 9.52 Å². The monoisotopic (exact) mass is 287 g/mol. The largest absolute Gasteiger partial charge is 0.478 e. The van der Waals surface area contributed by atoms with Gasteiger partial charge >= 0.3 is 5.97 Å². The number of benzene rings is 1. The molecule has 0 radical (unpaired) electrons. The van der Waals surface area contributed by atoms with Crippen LogP contribution in [-0.2, 0) is 0 Å². The molecule has 0 bridgehead atoms. The topological polar surface area (TPSA) is 89.1 Å². The van der Waals surface area contributed by atoms with Crippen molar-refractivity contribution in [2.24, 2.45) is 0 Å². The van der Waals surface area contributed by atoms with Crippen molar-refractivity contribution in [3.8, 4) is 22.2 Å². The molecule has 2 aromatic heterocycles. The molecule has 6 nitrogen and oxygen atoms in total. The van der Waals surface area contributed by atoms with Crippen LogP contribution in [0.4, 0.5) is 0 Å². The Kier molecular flexibility index (Phi) is 3.03. The van der Waals surface area contributed by atoms with Gasteiger partial charge in [0.15, 0.2) is 0 Å². The summed E-state index contributed by atoms with van der Waals surface area (Å²) in [7, 11) is 0. The van der Waals surface area contributed by atoms with E-state index in [0.717, 1.165) is 10.6 Å². The molecule has 0 unspecified atom stereocenters.